The third-order valence-corrected chi connectivity index (χ3v) is 1.75. The Morgan fingerprint density at radius 2 is 1.69 bits per heavy atom. The van der Waals surface area contributed by atoms with Crippen LogP contribution in [0.15, 0.2) is 0 Å². The van der Waals surface area contributed by atoms with Crippen molar-refractivity contribution in [3.8, 4) is 0 Å². The molecule has 0 saturated heterocycles. The Kier molecular flexibility index (Phi) is 19.2. The van der Waals surface area contributed by atoms with Crippen LogP contribution in [0.25, 0.3) is 0 Å². The van der Waals surface area contributed by atoms with Crippen LogP contribution in [0.1, 0.15) is 32.6 Å². The Morgan fingerprint density at radius 1 is 1.15 bits per heavy atom. The average molecular weight is 226 g/mol. The fraction of sp³-hybridized carbons (Fsp3) is 1.00. The third-order valence-electron chi connectivity index (χ3n) is 1.25. The normalized spacial score (nSPS) is 10.1. The van der Waals surface area contributed by atoms with Gasteiger partial charge in [-0.25, -0.2) is 0 Å². The van der Waals surface area contributed by atoms with Gasteiger partial charge in [0.05, 0.1) is 14.4 Å². The van der Waals surface area contributed by atoms with E-state index in [0.29, 0.717) is 6.42 Å². The van der Waals surface area contributed by atoms with E-state index in [2.05, 4.69) is 4.52 Å². The van der Waals surface area contributed by atoms with Gasteiger partial charge in [0.1, 0.15) is 0 Å². The Bertz CT molecular complexity index is 139. The molecule has 0 aromatic heterocycles. The number of phosphoric acid groups is 1. The van der Waals surface area contributed by atoms with Gasteiger partial charge in [0.2, 0.25) is 0 Å². The van der Waals surface area contributed by atoms with Crippen LogP contribution in [-0.2, 0) is 9.09 Å². The minimum atomic E-state index is -4.71. The molecule has 0 radical (unpaired) electrons. The first-order valence-electron chi connectivity index (χ1n) is 3.73. The van der Waals surface area contributed by atoms with Crippen LogP contribution in [0.4, 0.5) is 0 Å². The second-order valence-corrected chi connectivity index (χ2v) is 3.49. The molecule has 7 heteroatoms. The summed E-state index contributed by atoms with van der Waals surface area (Å²) >= 11 is 0. The predicted octanol–water partition coefficient (Wildman–Crippen LogP) is -5.58. The fourth-order valence-corrected chi connectivity index (χ4v) is 1.06. The maximum atomic E-state index is 9.91. The summed E-state index contributed by atoms with van der Waals surface area (Å²) in [5.74, 6) is 0. The van der Waals surface area contributed by atoms with E-state index in [1.165, 1.54) is 0 Å². The van der Waals surface area contributed by atoms with Crippen LogP contribution in [-0.4, -0.2) is 6.61 Å². The van der Waals surface area contributed by atoms with Crippen molar-refractivity contribution in [3.05, 3.63) is 0 Å². The molecule has 0 atom stereocenters. The van der Waals surface area contributed by atoms with Gasteiger partial charge in [0.15, 0.2) is 0 Å². The van der Waals surface area contributed by atoms with Crippen LogP contribution in [0.5, 0.6) is 0 Å². The Balaban J connectivity index is -0.000000500. The molecule has 0 rings (SSSR count). The predicted molar refractivity (Wildman–Crippen MR) is 37.7 cm³/mol. The van der Waals surface area contributed by atoms with E-state index in [1.54, 1.807) is 0 Å². The van der Waals surface area contributed by atoms with Crippen molar-refractivity contribution in [1.29, 1.82) is 0 Å². The van der Waals surface area contributed by atoms with E-state index in [1.807, 2.05) is 6.92 Å². The van der Waals surface area contributed by atoms with E-state index < -0.39 is 7.82 Å². The van der Waals surface area contributed by atoms with Gasteiger partial charge < -0.3 is 18.9 Å². The zero-order chi connectivity index (χ0) is 8.74. The van der Waals surface area contributed by atoms with E-state index in [-0.39, 0.29) is 65.7 Å². The maximum Gasteiger partial charge on any atom is 1.00 e. The van der Waals surface area contributed by atoms with Gasteiger partial charge in [-0.2, -0.15) is 0 Å². The zero-order valence-corrected chi connectivity index (χ0v) is 13.5. The molecule has 0 N–H and O–H groups in total. The number of unbranched alkanes of at least 4 members (excludes halogenated alkanes) is 3. The van der Waals surface area contributed by atoms with Gasteiger partial charge in [0, 0.05) is 0 Å². The largest absolute Gasteiger partial charge is 1.00 e. The van der Waals surface area contributed by atoms with Crippen LogP contribution in [0.3, 0.4) is 0 Å². The zero-order valence-electron chi connectivity index (χ0n) is 8.62. The molecule has 0 aromatic carbocycles. The van der Waals surface area contributed by atoms with Gasteiger partial charge in [-0.1, -0.05) is 26.2 Å². The van der Waals surface area contributed by atoms with Crippen molar-refractivity contribution in [2.75, 3.05) is 6.61 Å². The summed E-state index contributed by atoms with van der Waals surface area (Å²) in [4.78, 5) is 19.8. The molecule has 13 heavy (non-hydrogen) atoms. The first kappa shape index (κ1) is 20.5. The van der Waals surface area contributed by atoms with Crippen LogP contribution < -0.4 is 68.9 Å². The van der Waals surface area contributed by atoms with Crippen molar-refractivity contribution in [1.82, 2.24) is 0 Å². The molecule has 0 aromatic rings. The molecular weight excluding hydrogens is 213 g/mol. The molecule has 0 amide bonds. The summed E-state index contributed by atoms with van der Waals surface area (Å²) in [5, 5.41) is 0. The Morgan fingerprint density at radius 3 is 2.08 bits per heavy atom. The van der Waals surface area contributed by atoms with Gasteiger partial charge in [0.25, 0.3) is 0 Å². The molecule has 0 bridgehead atoms. The van der Waals surface area contributed by atoms with E-state index in [4.69, 9.17) is 0 Å². The van der Waals surface area contributed by atoms with Gasteiger partial charge in [-0.3, -0.25) is 0 Å². The van der Waals surface area contributed by atoms with Crippen molar-refractivity contribution >= 4 is 7.82 Å². The summed E-state index contributed by atoms with van der Waals surface area (Å²) < 4.78 is 13.9. The van der Waals surface area contributed by atoms with E-state index >= 15 is 0 Å². The first-order valence-corrected chi connectivity index (χ1v) is 5.19. The standard InChI is InChI=1S/C6H15O4P.2Na/c1-2-3-4-5-6-10-11(7,8)9;;/h2-6H2,1H3,(H2,7,8,9);;/q;2*+1/p-2. The molecule has 4 nitrogen and oxygen atoms in total. The van der Waals surface area contributed by atoms with Gasteiger partial charge in [-0.05, 0) is 6.42 Å². The molecule has 0 aliphatic rings. The molecule has 0 unspecified atom stereocenters. The number of rotatable bonds is 6. The minimum absolute atomic E-state index is 0. The van der Waals surface area contributed by atoms with Crippen LogP contribution in [0.2, 0.25) is 0 Å². The van der Waals surface area contributed by atoms with Gasteiger partial charge in [-0.15, -0.1) is 0 Å². The van der Waals surface area contributed by atoms with E-state index in [9.17, 15) is 14.4 Å². The third kappa shape index (κ3) is 20.2. The molecular formula is C6H13Na2O4P. The summed E-state index contributed by atoms with van der Waals surface area (Å²) in [6.45, 7) is 2.08. The Labute approximate surface area is 124 Å². The summed E-state index contributed by atoms with van der Waals surface area (Å²) in [6.07, 6.45) is 3.68. The van der Waals surface area contributed by atoms with Crippen LogP contribution >= 0.6 is 7.82 Å². The topological polar surface area (TPSA) is 72.4 Å². The second-order valence-electron chi connectivity index (χ2n) is 2.34. The average Bonchev–Trinajstić information content (AvgIpc) is 1.85. The molecule has 0 saturated carbocycles. The molecule has 0 spiro atoms. The SMILES string of the molecule is CCCCCCOP(=O)([O-])[O-].[Na+].[Na+]. The smallest absolute Gasteiger partial charge is 0.790 e. The molecule has 0 heterocycles. The molecule has 0 fully saturated rings. The number of hydrogen-bond acceptors (Lipinski definition) is 4. The monoisotopic (exact) mass is 226 g/mol. The number of hydrogen-bond donors (Lipinski definition) is 0. The maximum absolute atomic E-state index is 9.91. The molecule has 0 aliphatic heterocycles. The molecule has 0 aliphatic carbocycles. The van der Waals surface area contributed by atoms with Crippen molar-refractivity contribution in [2.24, 2.45) is 0 Å². The Hall–Kier alpha value is 2.11. The van der Waals surface area contributed by atoms with E-state index in [0.717, 1.165) is 19.3 Å². The first-order chi connectivity index (χ1) is 5.06. The second kappa shape index (κ2) is 12.2. The summed E-state index contributed by atoms with van der Waals surface area (Å²) in [7, 11) is -4.71. The summed E-state index contributed by atoms with van der Waals surface area (Å²) in [5.41, 5.74) is 0. The van der Waals surface area contributed by atoms with Crippen molar-refractivity contribution in [3.63, 3.8) is 0 Å². The fourth-order valence-electron chi connectivity index (χ4n) is 0.705. The quantitative estimate of drug-likeness (QED) is 0.257. The molecule has 68 valence electrons. The number of phosphoric ester groups is 1. The van der Waals surface area contributed by atoms with Crippen LogP contribution in [0, 0.1) is 0 Å². The van der Waals surface area contributed by atoms with Crippen molar-refractivity contribution < 1.29 is 78.0 Å². The van der Waals surface area contributed by atoms with Gasteiger partial charge >= 0.3 is 59.1 Å². The van der Waals surface area contributed by atoms with Crippen molar-refractivity contribution in [2.45, 2.75) is 32.6 Å². The summed E-state index contributed by atoms with van der Waals surface area (Å²) in [6, 6.07) is 0. The minimum Gasteiger partial charge on any atom is -0.790 e.